The van der Waals surface area contributed by atoms with Crippen LogP contribution in [0.5, 0.6) is 0 Å². The lowest BCUT2D eigenvalue weighted by atomic mass is 9.77. The van der Waals surface area contributed by atoms with Crippen LogP contribution in [0.2, 0.25) is 0 Å². The van der Waals surface area contributed by atoms with Gasteiger partial charge >= 0.3 is 0 Å². The molecule has 6 heteroatoms. The zero-order valence-electron chi connectivity index (χ0n) is 7.63. The predicted molar refractivity (Wildman–Crippen MR) is 46.3 cm³/mol. The number of aliphatic hydroxyl groups excluding tert-OH is 3. The standard InChI is InChI=1S/C8H15NO5/c9-3-6(12)8(14)1-4(10)7(13)5(11)2-8/h4-5,7,10-11,13-14H,1-3,9H2/t4-,5-,7?,8?/m1/s1. The Kier molecular flexibility index (Phi) is 3.23. The molecule has 0 radical (unpaired) electrons. The van der Waals surface area contributed by atoms with Crippen LogP contribution in [0.25, 0.3) is 0 Å². The van der Waals surface area contributed by atoms with Gasteiger partial charge in [0.15, 0.2) is 5.78 Å². The van der Waals surface area contributed by atoms with E-state index in [-0.39, 0.29) is 19.4 Å². The maximum atomic E-state index is 11.2. The van der Waals surface area contributed by atoms with Gasteiger partial charge in [0.25, 0.3) is 0 Å². The number of hydrogen-bond donors (Lipinski definition) is 5. The van der Waals surface area contributed by atoms with Crippen LogP contribution in [0.4, 0.5) is 0 Å². The fourth-order valence-corrected chi connectivity index (χ4v) is 1.69. The quantitative estimate of drug-likeness (QED) is 0.330. The molecule has 0 aromatic heterocycles. The van der Waals surface area contributed by atoms with Crippen LogP contribution in [0.1, 0.15) is 12.8 Å². The van der Waals surface area contributed by atoms with E-state index < -0.39 is 29.7 Å². The summed E-state index contributed by atoms with van der Waals surface area (Å²) >= 11 is 0. The summed E-state index contributed by atoms with van der Waals surface area (Å²) in [4.78, 5) is 11.2. The molecule has 0 amide bonds. The maximum absolute atomic E-state index is 11.2. The van der Waals surface area contributed by atoms with Crippen molar-refractivity contribution in [3.8, 4) is 0 Å². The summed E-state index contributed by atoms with van der Waals surface area (Å²) < 4.78 is 0. The van der Waals surface area contributed by atoms with Crippen molar-refractivity contribution >= 4 is 5.78 Å². The number of ketones is 1. The fraction of sp³-hybridized carbons (Fsp3) is 0.875. The third kappa shape index (κ3) is 1.94. The Bertz CT molecular complexity index is 220. The number of Topliss-reactive ketones (excluding diaryl/α,β-unsaturated/α-hetero) is 1. The first-order valence-corrected chi connectivity index (χ1v) is 4.40. The summed E-state index contributed by atoms with van der Waals surface area (Å²) in [7, 11) is 0. The molecule has 2 atom stereocenters. The van der Waals surface area contributed by atoms with Crippen LogP contribution in [0.15, 0.2) is 0 Å². The van der Waals surface area contributed by atoms with Crippen molar-refractivity contribution in [2.75, 3.05) is 6.54 Å². The zero-order valence-corrected chi connectivity index (χ0v) is 7.63. The van der Waals surface area contributed by atoms with Gasteiger partial charge in [-0.1, -0.05) is 0 Å². The van der Waals surface area contributed by atoms with E-state index in [1.165, 1.54) is 0 Å². The summed E-state index contributed by atoms with van der Waals surface area (Å²) in [5.74, 6) is -0.637. The van der Waals surface area contributed by atoms with E-state index in [1.807, 2.05) is 0 Å². The average Bonchev–Trinajstić information content (AvgIpc) is 2.12. The number of nitrogens with two attached hydrogens (primary N) is 1. The van der Waals surface area contributed by atoms with Crippen molar-refractivity contribution < 1.29 is 25.2 Å². The topological polar surface area (TPSA) is 124 Å². The lowest BCUT2D eigenvalue weighted by Gasteiger charge is -2.38. The lowest BCUT2D eigenvalue weighted by Crippen LogP contribution is -2.57. The summed E-state index contributed by atoms with van der Waals surface area (Å²) in [6.07, 6.45) is -4.51. The van der Waals surface area contributed by atoms with Gasteiger partial charge < -0.3 is 26.2 Å². The minimum Gasteiger partial charge on any atom is -0.390 e. The number of carbonyl (C=O) groups is 1. The van der Waals surface area contributed by atoms with Gasteiger partial charge in [0, 0.05) is 12.8 Å². The van der Waals surface area contributed by atoms with Crippen molar-refractivity contribution in [2.24, 2.45) is 5.73 Å². The first kappa shape index (κ1) is 11.5. The van der Waals surface area contributed by atoms with Crippen LogP contribution < -0.4 is 5.73 Å². The molecule has 1 saturated carbocycles. The Hall–Kier alpha value is -0.530. The molecule has 0 spiro atoms. The highest BCUT2D eigenvalue weighted by Crippen LogP contribution is 2.29. The molecule has 1 aliphatic carbocycles. The van der Waals surface area contributed by atoms with E-state index in [2.05, 4.69) is 0 Å². The van der Waals surface area contributed by atoms with Crippen molar-refractivity contribution in [1.29, 1.82) is 0 Å². The molecule has 0 aromatic carbocycles. The molecule has 0 heterocycles. The van der Waals surface area contributed by atoms with E-state index in [9.17, 15) is 25.2 Å². The highest BCUT2D eigenvalue weighted by atomic mass is 16.4. The largest absolute Gasteiger partial charge is 0.390 e. The molecule has 0 unspecified atom stereocenters. The maximum Gasteiger partial charge on any atom is 0.178 e. The van der Waals surface area contributed by atoms with Crippen molar-refractivity contribution in [2.45, 2.75) is 36.8 Å². The van der Waals surface area contributed by atoms with E-state index in [0.29, 0.717) is 0 Å². The van der Waals surface area contributed by atoms with Crippen LogP contribution in [0, 0.1) is 0 Å². The fourth-order valence-electron chi connectivity index (χ4n) is 1.69. The van der Waals surface area contributed by atoms with E-state index >= 15 is 0 Å². The van der Waals surface area contributed by atoms with Gasteiger partial charge in [0.2, 0.25) is 0 Å². The zero-order chi connectivity index (χ0) is 10.9. The molecule has 6 N–H and O–H groups in total. The number of rotatable bonds is 2. The van der Waals surface area contributed by atoms with Gasteiger partial charge in [0.1, 0.15) is 11.7 Å². The molecular weight excluding hydrogens is 190 g/mol. The summed E-state index contributed by atoms with van der Waals surface area (Å²) in [5, 5.41) is 37.4. The van der Waals surface area contributed by atoms with Crippen molar-refractivity contribution in [3.05, 3.63) is 0 Å². The van der Waals surface area contributed by atoms with Crippen LogP contribution in [-0.2, 0) is 4.79 Å². The molecule has 6 nitrogen and oxygen atoms in total. The molecule has 14 heavy (non-hydrogen) atoms. The molecule has 1 rings (SSSR count). The Labute approximate surface area is 81.0 Å². The third-order valence-electron chi connectivity index (χ3n) is 2.59. The van der Waals surface area contributed by atoms with Gasteiger partial charge in [-0.05, 0) is 0 Å². The van der Waals surface area contributed by atoms with Gasteiger partial charge in [-0.25, -0.2) is 0 Å². The predicted octanol–water partition coefficient (Wildman–Crippen LogP) is -2.88. The van der Waals surface area contributed by atoms with Crippen LogP contribution >= 0.6 is 0 Å². The van der Waals surface area contributed by atoms with Gasteiger partial charge in [-0.3, -0.25) is 4.79 Å². The van der Waals surface area contributed by atoms with E-state index in [0.717, 1.165) is 0 Å². The lowest BCUT2D eigenvalue weighted by molar-refractivity contribution is -0.170. The summed E-state index contributed by atoms with van der Waals surface area (Å²) in [6, 6.07) is 0. The van der Waals surface area contributed by atoms with Crippen molar-refractivity contribution in [3.63, 3.8) is 0 Å². The van der Waals surface area contributed by atoms with Gasteiger partial charge in [0.05, 0.1) is 18.8 Å². The molecular formula is C8H15NO5. The van der Waals surface area contributed by atoms with Gasteiger partial charge in [-0.15, -0.1) is 0 Å². The molecule has 1 fully saturated rings. The normalized spacial score (nSPS) is 43.6. The molecule has 0 saturated heterocycles. The number of aliphatic hydroxyl groups is 4. The Morgan fingerprint density at radius 1 is 1.29 bits per heavy atom. The highest BCUT2D eigenvalue weighted by Gasteiger charge is 2.47. The first-order chi connectivity index (χ1) is 6.40. The molecule has 0 bridgehead atoms. The third-order valence-corrected chi connectivity index (χ3v) is 2.59. The van der Waals surface area contributed by atoms with E-state index in [1.54, 1.807) is 0 Å². The number of carbonyl (C=O) groups excluding carboxylic acids is 1. The Morgan fingerprint density at radius 2 is 1.71 bits per heavy atom. The SMILES string of the molecule is NCC(=O)C1(O)C[C@@H](O)C(O)[C@H](O)C1. The smallest absolute Gasteiger partial charge is 0.178 e. The second-order valence-corrected chi connectivity index (χ2v) is 3.69. The van der Waals surface area contributed by atoms with Gasteiger partial charge in [-0.2, -0.15) is 0 Å². The minimum absolute atomic E-state index is 0.290. The Balaban J connectivity index is 2.78. The highest BCUT2D eigenvalue weighted by molar-refractivity contribution is 5.88. The van der Waals surface area contributed by atoms with Crippen LogP contribution in [0.3, 0.4) is 0 Å². The molecule has 0 aliphatic heterocycles. The monoisotopic (exact) mass is 205 g/mol. The van der Waals surface area contributed by atoms with E-state index in [4.69, 9.17) is 5.73 Å². The molecule has 82 valence electrons. The Morgan fingerprint density at radius 3 is 2.07 bits per heavy atom. The second-order valence-electron chi connectivity index (χ2n) is 3.69. The first-order valence-electron chi connectivity index (χ1n) is 4.40. The minimum atomic E-state index is -1.81. The van der Waals surface area contributed by atoms with Crippen molar-refractivity contribution in [1.82, 2.24) is 0 Å². The van der Waals surface area contributed by atoms with Crippen LogP contribution in [-0.4, -0.2) is 56.7 Å². The second kappa shape index (κ2) is 3.92. The average molecular weight is 205 g/mol. The summed E-state index contributed by atoms with van der Waals surface area (Å²) in [6.45, 7) is -0.355. The molecule has 1 aliphatic rings. The molecule has 0 aromatic rings. The number of hydrogen-bond acceptors (Lipinski definition) is 6. The summed E-state index contributed by atoms with van der Waals surface area (Å²) in [5.41, 5.74) is 3.27.